The van der Waals surface area contributed by atoms with Crippen LogP contribution in [0.3, 0.4) is 0 Å². The molecule has 0 unspecified atom stereocenters. The molecular weight excluding hydrogens is 332 g/mol. The minimum atomic E-state index is -0.0545. The van der Waals surface area contributed by atoms with Gasteiger partial charge in [0.1, 0.15) is 0 Å². The van der Waals surface area contributed by atoms with E-state index >= 15 is 0 Å². The summed E-state index contributed by atoms with van der Waals surface area (Å²) in [6.07, 6.45) is 5.99. The average Bonchev–Trinajstić information content (AvgIpc) is 3.02. The van der Waals surface area contributed by atoms with Crippen LogP contribution in [0.1, 0.15) is 24.8 Å². The molecule has 2 aliphatic heterocycles. The minimum absolute atomic E-state index is 0.0545. The van der Waals surface area contributed by atoms with Crippen molar-refractivity contribution in [2.75, 3.05) is 33.8 Å². The second kappa shape index (κ2) is 8.60. The number of nitrogens with one attached hydrogen (secondary N) is 1. The van der Waals surface area contributed by atoms with Gasteiger partial charge in [-0.1, -0.05) is 6.07 Å². The first-order valence-corrected chi connectivity index (χ1v) is 9.25. The lowest BCUT2D eigenvalue weighted by Gasteiger charge is -2.35. The number of hydrogen-bond acceptors (Lipinski definition) is 5. The lowest BCUT2D eigenvalue weighted by Crippen LogP contribution is -2.47. The third-order valence-electron chi connectivity index (χ3n) is 5.12. The molecule has 2 saturated heterocycles. The largest absolute Gasteiger partial charge is 0.375 e. The number of amides is 2. The molecule has 1 aromatic rings. The van der Waals surface area contributed by atoms with E-state index in [4.69, 9.17) is 4.74 Å². The lowest BCUT2D eigenvalue weighted by molar-refractivity contribution is -0.134. The molecule has 1 N–H and O–H groups in total. The van der Waals surface area contributed by atoms with E-state index in [-0.39, 0.29) is 24.0 Å². The molecule has 2 aliphatic rings. The van der Waals surface area contributed by atoms with Crippen LogP contribution in [-0.2, 0) is 20.7 Å². The number of pyridine rings is 1. The van der Waals surface area contributed by atoms with Crippen LogP contribution in [0.2, 0.25) is 0 Å². The minimum Gasteiger partial charge on any atom is -0.375 e. The van der Waals surface area contributed by atoms with Gasteiger partial charge in [-0.3, -0.25) is 19.5 Å². The molecule has 2 amide bonds. The van der Waals surface area contributed by atoms with Gasteiger partial charge in [-0.25, -0.2) is 0 Å². The summed E-state index contributed by atoms with van der Waals surface area (Å²) in [6, 6.07) is 4.38. The van der Waals surface area contributed by atoms with E-state index in [1.54, 1.807) is 31.4 Å². The maximum atomic E-state index is 12.2. The fourth-order valence-electron chi connectivity index (χ4n) is 3.65. The topological polar surface area (TPSA) is 74.8 Å². The molecule has 142 valence electrons. The predicted molar refractivity (Wildman–Crippen MR) is 97.5 cm³/mol. The van der Waals surface area contributed by atoms with Gasteiger partial charge in [-0.15, -0.1) is 0 Å². The van der Waals surface area contributed by atoms with E-state index in [0.717, 1.165) is 25.1 Å². The van der Waals surface area contributed by atoms with Crippen LogP contribution in [0.5, 0.6) is 0 Å². The fourth-order valence-corrected chi connectivity index (χ4v) is 3.65. The Kier molecular flexibility index (Phi) is 6.21. The number of nitrogens with zero attached hydrogens (tertiary/aromatic N) is 3. The maximum Gasteiger partial charge on any atom is 0.224 e. The lowest BCUT2D eigenvalue weighted by atomic mass is 10.1. The number of hydrogen-bond donors (Lipinski definition) is 1. The zero-order valence-electron chi connectivity index (χ0n) is 15.6. The number of aromatic nitrogens is 1. The summed E-state index contributed by atoms with van der Waals surface area (Å²) >= 11 is 0. The number of ether oxygens (including phenoxy) is 1. The SMILES string of the molecule is CN(C)C(=O)C[C@H]1CN2C[C@H](NC(=O)CCc3cccnc3)C[C@H]2CO1. The van der Waals surface area contributed by atoms with E-state index < -0.39 is 0 Å². The number of morpholine rings is 1. The first kappa shape index (κ1) is 18.8. The van der Waals surface area contributed by atoms with Crippen LogP contribution >= 0.6 is 0 Å². The molecule has 26 heavy (non-hydrogen) atoms. The highest BCUT2D eigenvalue weighted by Gasteiger charge is 2.38. The Morgan fingerprint density at radius 2 is 2.23 bits per heavy atom. The summed E-state index contributed by atoms with van der Waals surface area (Å²) in [5.41, 5.74) is 1.08. The highest BCUT2D eigenvalue weighted by Crippen LogP contribution is 2.24. The van der Waals surface area contributed by atoms with Gasteiger partial charge in [-0.05, 0) is 24.5 Å². The number of aryl methyl sites for hydroxylation is 1. The average molecular weight is 360 g/mol. The first-order valence-electron chi connectivity index (χ1n) is 9.25. The fraction of sp³-hybridized carbons (Fsp3) is 0.632. The molecule has 3 rings (SSSR count). The second-order valence-corrected chi connectivity index (χ2v) is 7.42. The quantitative estimate of drug-likeness (QED) is 0.797. The molecule has 0 bridgehead atoms. The molecule has 0 aromatic carbocycles. The zero-order chi connectivity index (χ0) is 18.5. The van der Waals surface area contributed by atoms with E-state index in [1.807, 2.05) is 12.1 Å². The maximum absolute atomic E-state index is 12.2. The summed E-state index contributed by atoms with van der Waals surface area (Å²) < 4.78 is 5.86. The van der Waals surface area contributed by atoms with Gasteiger partial charge in [0.05, 0.1) is 19.1 Å². The van der Waals surface area contributed by atoms with Crippen LogP contribution in [0.4, 0.5) is 0 Å². The Hall–Kier alpha value is -1.99. The molecule has 0 saturated carbocycles. The molecule has 3 atom stereocenters. The molecule has 0 radical (unpaired) electrons. The highest BCUT2D eigenvalue weighted by molar-refractivity contribution is 5.76. The number of carbonyl (C=O) groups is 2. The molecule has 0 aliphatic carbocycles. The molecule has 2 fully saturated rings. The summed E-state index contributed by atoms with van der Waals surface area (Å²) in [5, 5.41) is 3.15. The van der Waals surface area contributed by atoms with E-state index in [2.05, 4.69) is 15.2 Å². The molecule has 7 heteroatoms. The van der Waals surface area contributed by atoms with E-state index in [0.29, 0.717) is 31.9 Å². The van der Waals surface area contributed by atoms with Crippen molar-refractivity contribution >= 4 is 11.8 Å². The van der Waals surface area contributed by atoms with Crippen LogP contribution in [-0.4, -0.2) is 78.6 Å². The van der Waals surface area contributed by atoms with Crippen LogP contribution in [0.15, 0.2) is 24.5 Å². The van der Waals surface area contributed by atoms with Crippen molar-refractivity contribution in [3.63, 3.8) is 0 Å². The summed E-state index contributed by atoms with van der Waals surface area (Å²) in [6.45, 7) is 2.22. The van der Waals surface area contributed by atoms with E-state index in [1.165, 1.54) is 0 Å². The third kappa shape index (κ3) is 5.02. The van der Waals surface area contributed by atoms with Gasteiger partial charge in [-0.2, -0.15) is 0 Å². The van der Waals surface area contributed by atoms with Crippen LogP contribution in [0.25, 0.3) is 0 Å². The van der Waals surface area contributed by atoms with Crippen molar-refractivity contribution in [2.45, 2.75) is 43.9 Å². The van der Waals surface area contributed by atoms with Crippen molar-refractivity contribution in [1.29, 1.82) is 0 Å². The van der Waals surface area contributed by atoms with Gasteiger partial charge < -0.3 is 15.0 Å². The molecule has 3 heterocycles. The molecule has 7 nitrogen and oxygen atoms in total. The van der Waals surface area contributed by atoms with Crippen molar-refractivity contribution in [1.82, 2.24) is 20.1 Å². The second-order valence-electron chi connectivity index (χ2n) is 7.42. The Labute approximate surface area is 154 Å². The molecular formula is C19H28N4O3. The Balaban J connectivity index is 1.42. The Bertz CT molecular complexity index is 622. The predicted octanol–water partition coefficient (Wildman–Crippen LogP) is 0.450. The third-order valence-corrected chi connectivity index (χ3v) is 5.12. The van der Waals surface area contributed by atoms with Gasteiger partial charge in [0.15, 0.2) is 0 Å². The van der Waals surface area contributed by atoms with Crippen LogP contribution < -0.4 is 5.32 Å². The Morgan fingerprint density at radius 3 is 2.96 bits per heavy atom. The van der Waals surface area contributed by atoms with Gasteiger partial charge in [0.2, 0.25) is 11.8 Å². The van der Waals surface area contributed by atoms with Crippen LogP contribution in [0, 0.1) is 0 Å². The molecule has 1 aromatic heterocycles. The van der Waals surface area contributed by atoms with Crippen molar-refractivity contribution in [2.24, 2.45) is 0 Å². The Morgan fingerprint density at radius 1 is 1.38 bits per heavy atom. The summed E-state index contributed by atoms with van der Waals surface area (Å²) in [7, 11) is 3.53. The number of carbonyl (C=O) groups excluding carboxylic acids is 2. The number of fused-ring (bicyclic) bond motifs is 1. The smallest absolute Gasteiger partial charge is 0.224 e. The zero-order valence-corrected chi connectivity index (χ0v) is 15.6. The van der Waals surface area contributed by atoms with Crippen molar-refractivity contribution in [3.05, 3.63) is 30.1 Å². The standard InChI is InChI=1S/C19H28N4O3/c1-22(2)19(25)9-17-12-23-11-15(8-16(23)13-26-17)21-18(24)6-5-14-4-3-7-20-10-14/h3-4,7,10,15-17H,5-6,8-9,11-13H2,1-2H3,(H,21,24)/t15-,16+,17+/m1/s1. The normalized spacial score (nSPS) is 25.5. The van der Waals surface area contributed by atoms with Crippen molar-refractivity contribution < 1.29 is 14.3 Å². The van der Waals surface area contributed by atoms with E-state index in [9.17, 15) is 9.59 Å². The number of rotatable bonds is 6. The monoisotopic (exact) mass is 360 g/mol. The van der Waals surface area contributed by atoms with Gasteiger partial charge in [0, 0.05) is 58.1 Å². The molecule has 0 spiro atoms. The van der Waals surface area contributed by atoms with Crippen molar-refractivity contribution in [3.8, 4) is 0 Å². The van der Waals surface area contributed by atoms with Gasteiger partial charge >= 0.3 is 0 Å². The van der Waals surface area contributed by atoms with Gasteiger partial charge in [0.25, 0.3) is 0 Å². The summed E-state index contributed by atoms with van der Waals surface area (Å²) in [5.74, 6) is 0.173. The summed E-state index contributed by atoms with van der Waals surface area (Å²) in [4.78, 5) is 32.1. The first-order chi connectivity index (χ1) is 12.5. The highest BCUT2D eigenvalue weighted by atomic mass is 16.5.